The molecule has 1 fully saturated rings. The third kappa shape index (κ3) is 4.85. The number of pyridine rings is 1. The maximum absolute atomic E-state index is 13.5. The molecule has 0 spiro atoms. The van der Waals surface area contributed by atoms with Crippen LogP contribution in [0.2, 0.25) is 0 Å². The molecule has 2 aromatic rings. The number of carbonyl (C=O) groups excluding carboxylic acids is 1. The van der Waals surface area contributed by atoms with Crippen LogP contribution in [0.15, 0.2) is 28.0 Å². The summed E-state index contributed by atoms with van der Waals surface area (Å²) in [7, 11) is 0. The standard InChI is InChI=1S/C23H30N4O2S2/c1-5-8-13-27-22(29)18(31-23(27)30)15-17-20(25(11-6-2)12-7-3)24-19-16(4)10-9-14-26(19)21(17)28/h9-10,14-15H,5-8,11-13H2,1-4H3/b18-15-. The quantitative estimate of drug-likeness (QED) is 0.403. The second kappa shape index (κ2) is 10.4. The first-order valence-electron chi connectivity index (χ1n) is 10.9. The molecule has 31 heavy (non-hydrogen) atoms. The lowest BCUT2D eigenvalue weighted by Crippen LogP contribution is -2.31. The van der Waals surface area contributed by atoms with Crippen LogP contribution in [0.3, 0.4) is 0 Å². The van der Waals surface area contributed by atoms with Gasteiger partial charge in [0.1, 0.15) is 15.8 Å². The molecule has 1 aliphatic rings. The second-order valence-electron chi connectivity index (χ2n) is 7.71. The molecule has 0 N–H and O–H groups in total. The van der Waals surface area contributed by atoms with Crippen molar-refractivity contribution in [3.05, 3.63) is 44.7 Å². The van der Waals surface area contributed by atoms with Gasteiger partial charge in [0.2, 0.25) is 0 Å². The Kier molecular flexibility index (Phi) is 7.89. The van der Waals surface area contributed by atoms with Crippen LogP contribution in [0.25, 0.3) is 11.7 Å². The number of anilines is 1. The van der Waals surface area contributed by atoms with Crippen molar-refractivity contribution in [3.63, 3.8) is 0 Å². The molecule has 1 amide bonds. The monoisotopic (exact) mass is 458 g/mol. The SMILES string of the molecule is CCCCN1C(=O)/C(=C/c2c(N(CCC)CCC)nc3c(C)cccn3c2=O)SC1=S. The fraction of sp³-hybridized carbons (Fsp3) is 0.478. The Bertz CT molecular complexity index is 1070. The highest BCUT2D eigenvalue weighted by atomic mass is 32.2. The second-order valence-corrected chi connectivity index (χ2v) is 9.39. The van der Waals surface area contributed by atoms with Crippen LogP contribution in [-0.2, 0) is 4.79 Å². The predicted molar refractivity (Wildman–Crippen MR) is 134 cm³/mol. The van der Waals surface area contributed by atoms with Crippen molar-refractivity contribution in [2.45, 2.75) is 53.4 Å². The minimum Gasteiger partial charge on any atom is -0.356 e. The number of thiocarbonyl (C=S) groups is 1. The molecule has 0 atom stereocenters. The number of rotatable bonds is 9. The fourth-order valence-electron chi connectivity index (χ4n) is 3.67. The molecule has 1 saturated heterocycles. The summed E-state index contributed by atoms with van der Waals surface area (Å²) in [5.41, 5.74) is 1.86. The Morgan fingerprint density at radius 3 is 2.52 bits per heavy atom. The lowest BCUT2D eigenvalue weighted by molar-refractivity contribution is -0.122. The van der Waals surface area contributed by atoms with Gasteiger partial charge in [0, 0.05) is 25.8 Å². The Balaban J connectivity index is 2.18. The van der Waals surface area contributed by atoms with E-state index in [1.807, 2.05) is 19.1 Å². The highest BCUT2D eigenvalue weighted by Gasteiger charge is 2.32. The van der Waals surface area contributed by atoms with Gasteiger partial charge in [-0.25, -0.2) is 4.98 Å². The van der Waals surface area contributed by atoms with Crippen LogP contribution in [0.4, 0.5) is 5.82 Å². The van der Waals surface area contributed by atoms with Gasteiger partial charge < -0.3 is 4.90 Å². The smallest absolute Gasteiger partial charge is 0.267 e. The van der Waals surface area contributed by atoms with Gasteiger partial charge in [-0.3, -0.25) is 18.9 Å². The van der Waals surface area contributed by atoms with E-state index >= 15 is 0 Å². The summed E-state index contributed by atoms with van der Waals surface area (Å²) in [6.07, 6.45) is 7.18. The zero-order chi connectivity index (χ0) is 22.5. The first-order chi connectivity index (χ1) is 14.9. The number of hydrogen-bond acceptors (Lipinski definition) is 6. The average molecular weight is 459 g/mol. The fourth-order valence-corrected chi connectivity index (χ4v) is 4.96. The zero-order valence-corrected chi connectivity index (χ0v) is 20.3. The van der Waals surface area contributed by atoms with Gasteiger partial charge in [-0.05, 0) is 43.9 Å². The number of nitrogens with zero attached hydrogens (tertiary/aromatic N) is 4. The maximum Gasteiger partial charge on any atom is 0.267 e. The topological polar surface area (TPSA) is 57.9 Å². The third-order valence-electron chi connectivity index (χ3n) is 5.24. The van der Waals surface area contributed by atoms with Gasteiger partial charge >= 0.3 is 0 Å². The first-order valence-corrected chi connectivity index (χ1v) is 12.2. The molecule has 0 unspecified atom stereocenters. The summed E-state index contributed by atoms with van der Waals surface area (Å²) >= 11 is 6.70. The highest BCUT2D eigenvalue weighted by Crippen LogP contribution is 2.33. The van der Waals surface area contributed by atoms with Gasteiger partial charge in [0.25, 0.3) is 11.5 Å². The summed E-state index contributed by atoms with van der Waals surface area (Å²) in [4.78, 5) is 35.7. The average Bonchev–Trinajstić information content (AvgIpc) is 3.01. The molecule has 0 aliphatic carbocycles. The number of amides is 1. The Morgan fingerprint density at radius 2 is 1.87 bits per heavy atom. The van der Waals surface area contributed by atoms with Gasteiger partial charge in [0.05, 0.1) is 10.5 Å². The van der Waals surface area contributed by atoms with E-state index in [0.717, 1.165) is 44.3 Å². The maximum atomic E-state index is 13.5. The zero-order valence-electron chi connectivity index (χ0n) is 18.7. The molecule has 2 aromatic heterocycles. The molecular formula is C23H30N4O2S2. The van der Waals surface area contributed by atoms with Crippen molar-refractivity contribution in [1.82, 2.24) is 14.3 Å². The van der Waals surface area contributed by atoms with E-state index in [4.69, 9.17) is 17.2 Å². The molecule has 8 heteroatoms. The number of thioether (sulfide) groups is 1. The van der Waals surface area contributed by atoms with E-state index < -0.39 is 0 Å². The van der Waals surface area contributed by atoms with Crippen molar-refractivity contribution < 1.29 is 4.79 Å². The van der Waals surface area contributed by atoms with Gasteiger partial charge in [-0.2, -0.15) is 0 Å². The van der Waals surface area contributed by atoms with Gasteiger partial charge in [-0.1, -0.05) is 57.2 Å². The largest absolute Gasteiger partial charge is 0.356 e. The Morgan fingerprint density at radius 1 is 1.16 bits per heavy atom. The van der Waals surface area contributed by atoms with Crippen molar-refractivity contribution in [2.24, 2.45) is 0 Å². The number of aryl methyl sites for hydroxylation is 1. The van der Waals surface area contributed by atoms with E-state index in [9.17, 15) is 9.59 Å². The van der Waals surface area contributed by atoms with E-state index in [2.05, 4.69) is 25.7 Å². The van der Waals surface area contributed by atoms with E-state index in [1.54, 1.807) is 21.6 Å². The molecule has 3 rings (SSSR count). The van der Waals surface area contributed by atoms with Gasteiger partial charge in [-0.15, -0.1) is 0 Å². The summed E-state index contributed by atoms with van der Waals surface area (Å²) < 4.78 is 2.12. The lowest BCUT2D eigenvalue weighted by Gasteiger charge is -2.25. The lowest BCUT2D eigenvalue weighted by atomic mass is 10.2. The number of fused-ring (bicyclic) bond motifs is 1. The molecule has 1 aliphatic heterocycles. The van der Waals surface area contributed by atoms with E-state index in [-0.39, 0.29) is 11.5 Å². The summed E-state index contributed by atoms with van der Waals surface area (Å²) in [6.45, 7) is 10.5. The molecular weight excluding hydrogens is 428 g/mol. The van der Waals surface area contributed by atoms with Gasteiger partial charge in [0.15, 0.2) is 0 Å². The third-order valence-corrected chi connectivity index (χ3v) is 6.61. The molecule has 0 aromatic carbocycles. The summed E-state index contributed by atoms with van der Waals surface area (Å²) in [6, 6.07) is 3.79. The number of carbonyl (C=O) groups is 1. The highest BCUT2D eigenvalue weighted by molar-refractivity contribution is 8.26. The minimum absolute atomic E-state index is 0.124. The first kappa shape index (κ1) is 23.5. The molecule has 3 heterocycles. The van der Waals surface area contributed by atoms with Crippen LogP contribution < -0.4 is 10.5 Å². The number of aromatic nitrogens is 2. The van der Waals surface area contributed by atoms with Crippen molar-refractivity contribution in [3.8, 4) is 0 Å². The van der Waals surface area contributed by atoms with E-state index in [0.29, 0.717) is 32.8 Å². The molecule has 166 valence electrons. The van der Waals surface area contributed by atoms with E-state index in [1.165, 1.54) is 11.8 Å². The molecule has 6 nitrogen and oxygen atoms in total. The van der Waals surface area contributed by atoms with Crippen LogP contribution in [0.1, 0.15) is 57.6 Å². The van der Waals surface area contributed by atoms with Crippen LogP contribution >= 0.6 is 24.0 Å². The van der Waals surface area contributed by atoms with Crippen LogP contribution in [0.5, 0.6) is 0 Å². The molecule has 0 bridgehead atoms. The number of unbranched alkanes of at least 4 members (excludes halogenated alkanes) is 1. The molecule has 0 saturated carbocycles. The van der Waals surface area contributed by atoms with Crippen molar-refractivity contribution in [2.75, 3.05) is 24.5 Å². The normalized spacial score (nSPS) is 15.5. The molecule has 0 radical (unpaired) electrons. The Labute approximate surface area is 193 Å². The summed E-state index contributed by atoms with van der Waals surface area (Å²) in [5, 5.41) is 0. The van der Waals surface area contributed by atoms with Crippen LogP contribution in [0, 0.1) is 6.92 Å². The van der Waals surface area contributed by atoms with Crippen molar-refractivity contribution in [1.29, 1.82) is 0 Å². The van der Waals surface area contributed by atoms with Crippen molar-refractivity contribution >= 4 is 51.7 Å². The number of hydrogen-bond donors (Lipinski definition) is 0. The van der Waals surface area contributed by atoms with Crippen LogP contribution in [-0.4, -0.2) is 44.1 Å². The summed E-state index contributed by atoms with van der Waals surface area (Å²) in [5.74, 6) is 0.516. The Hall–Kier alpha value is -2.19. The minimum atomic E-state index is -0.167. The predicted octanol–water partition coefficient (Wildman–Crippen LogP) is 4.63.